The molecular formula is C15H19N3O2. The van der Waals surface area contributed by atoms with Gasteiger partial charge in [-0.3, -0.25) is 19.8 Å². The van der Waals surface area contributed by atoms with Gasteiger partial charge in [-0.25, -0.2) is 0 Å². The summed E-state index contributed by atoms with van der Waals surface area (Å²) in [5.74, 6) is 1.45. The summed E-state index contributed by atoms with van der Waals surface area (Å²) in [6.45, 7) is 4.48. The Labute approximate surface area is 116 Å². The molecule has 0 amide bonds. The van der Waals surface area contributed by atoms with Crippen molar-refractivity contribution in [2.24, 2.45) is 11.8 Å². The second-order valence-electron chi connectivity index (χ2n) is 5.95. The number of aromatic nitrogens is 2. The highest BCUT2D eigenvalue weighted by Gasteiger charge is 2.31. The molecule has 20 heavy (non-hydrogen) atoms. The van der Waals surface area contributed by atoms with Crippen molar-refractivity contribution in [1.82, 2.24) is 10.2 Å². The maximum atomic E-state index is 11.9. The quantitative estimate of drug-likeness (QED) is 0.801. The minimum atomic E-state index is -0.267. The lowest BCUT2D eigenvalue weighted by molar-refractivity contribution is 0.212. The van der Waals surface area contributed by atoms with Gasteiger partial charge in [0, 0.05) is 11.7 Å². The molecule has 1 fully saturated rings. The highest BCUT2D eigenvalue weighted by atomic mass is 16.1. The van der Waals surface area contributed by atoms with E-state index in [1.807, 2.05) is 6.07 Å². The molecule has 3 N–H and O–H groups in total. The van der Waals surface area contributed by atoms with Crippen LogP contribution in [0, 0.1) is 11.8 Å². The van der Waals surface area contributed by atoms with Crippen LogP contribution in [0.5, 0.6) is 0 Å². The van der Waals surface area contributed by atoms with E-state index in [0.717, 1.165) is 24.4 Å². The second kappa shape index (κ2) is 4.81. The molecule has 1 aromatic carbocycles. The third-order valence-electron chi connectivity index (χ3n) is 4.30. The largest absolute Gasteiger partial charge is 0.382 e. The lowest BCUT2D eigenvalue weighted by Crippen LogP contribution is -2.38. The first kappa shape index (κ1) is 13.0. The highest BCUT2D eigenvalue weighted by molar-refractivity contribution is 5.92. The van der Waals surface area contributed by atoms with Crippen molar-refractivity contribution < 1.29 is 0 Å². The molecule has 106 valence electrons. The van der Waals surface area contributed by atoms with E-state index in [1.165, 1.54) is 0 Å². The van der Waals surface area contributed by atoms with E-state index < -0.39 is 0 Å². The third kappa shape index (κ3) is 2.13. The second-order valence-corrected chi connectivity index (χ2v) is 5.95. The van der Waals surface area contributed by atoms with Crippen LogP contribution in [0.25, 0.3) is 10.8 Å². The summed E-state index contributed by atoms with van der Waals surface area (Å²) in [4.78, 5) is 23.7. The Morgan fingerprint density at radius 1 is 1.15 bits per heavy atom. The first-order chi connectivity index (χ1) is 9.56. The van der Waals surface area contributed by atoms with Crippen LogP contribution in [0.3, 0.4) is 0 Å². The van der Waals surface area contributed by atoms with Gasteiger partial charge >= 0.3 is 0 Å². The molecule has 2 aromatic rings. The van der Waals surface area contributed by atoms with E-state index in [4.69, 9.17) is 0 Å². The summed E-state index contributed by atoms with van der Waals surface area (Å²) in [6.07, 6.45) is 2.24. The van der Waals surface area contributed by atoms with Gasteiger partial charge in [-0.1, -0.05) is 19.9 Å². The highest BCUT2D eigenvalue weighted by Crippen LogP contribution is 2.36. The molecule has 0 bridgehead atoms. The molecule has 5 heteroatoms. The summed E-state index contributed by atoms with van der Waals surface area (Å²) in [5.41, 5.74) is 0.224. The van der Waals surface area contributed by atoms with Gasteiger partial charge in [0.1, 0.15) is 0 Å². The maximum absolute atomic E-state index is 11.9. The van der Waals surface area contributed by atoms with Gasteiger partial charge in [0.05, 0.1) is 10.8 Å². The smallest absolute Gasteiger partial charge is 0.272 e. The molecule has 0 aliphatic heterocycles. The molecule has 1 aliphatic carbocycles. The number of hydrogen-bond donors (Lipinski definition) is 3. The SMILES string of the molecule is CC(C)C1CC(Nc2cccc3c(=O)[nH][nH]c(=O)c23)C1. The van der Waals surface area contributed by atoms with E-state index in [1.54, 1.807) is 12.1 Å². The monoisotopic (exact) mass is 273 g/mol. The minimum absolute atomic E-state index is 0.262. The lowest BCUT2D eigenvalue weighted by atomic mass is 9.73. The average molecular weight is 273 g/mol. The maximum Gasteiger partial charge on any atom is 0.272 e. The van der Waals surface area contributed by atoms with Crippen molar-refractivity contribution >= 4 is 16.5 Å². The van der Waals surface area contributed by atoms with E-state index in [9.17, 15) is 9.59 Å². The predicted octanol–water partition coefficient (Wildman–Crippen LogP) is 2.06. The molecule has 0 atom stereocenters. The fourth-order valence-electron chi connectivity index (χ4n) is 2.89. The molecule has 0 spiro atoms. The van der Waals surface area contributed by atoms with E-state index >= 15 is 0 Å². The first-order valence-corrected chi connectivity index (χ1v) is 7.06. The zero-order valence-corrected chi connectivity index (χ0v) is 11.7. The molecule has 1 aromatic heterocycles. The number of anilines is 1. The number of H-pyrrole nitrogens is 2. The van der Waals surface area contributed by atoms with Crippen LogP contribution in [0.2, 0.25) is 0 Å². The van der Waals surface area contributed by atoms with Crippen molar-refractivity contribution in [3.8, 4) is 0 Å². The molecule has 0 saturated heterocycles. The molecule has 1 heterocycles. The Morgan fingerprint density at radius 3 is 2.55 bits per heavy atom. The van der Waals surface area contributed by atoms with Crippen LogP contribution in [0.15, 0.2) is 27.8 Å². The van der Waals surface area contributed by atoms with Crippen LogP contribution < -0.4 is 16.4 Å². The number of aromatic amines is 2. The van der Waals surface area contributed by atoms with Gasteiger partial charge in [-0.2, -0.15) is 0 Å². The van der Waals surface area contributed by atoms with Crippen LogP contribution in [0.4, 0.5) is 5.69 Å². The zero-order valence-electron chi connectivity index (χ0n) is 11.7. The summed E-state index contributed by atoms with van der Waals surface area (Å²) >= 11 is 0. The Bertz CT molecular complexity index is 739. The van der Waals surface area contributed by atoms with Crippen molar-refractivity contribution in [3.05, 3.63) is 38.9 Å². The molecule has 5 nitrogen and oxygen atoms in total. The van der Waals surface area contributed by atoms with Crippen LogP contribution >= 0.6 is 0 Å². The normalized spacial score (nSPS) is 21.9. The van der Waals surface area contributed by atoms with Crippen molar-refractivity contribution in [2.75, 3.05) is 5.32 Å². The summed E-state index contributed by atoms with van der Waals surface area (Å²) < 4.78 is 0. The Kier molecular flexibility index (Phi) is 3.12. The molecular weight excluding hydrogens is 254 g/mol. The predicted molar refractivity (Wildman–Crippen MR) is 80.2 cm³/mol. The number of rotatable bonds is 3. The van der Waals surface area contributed by atoms with Gasteiger partial charge < -0.3 is 5.32 Å². The molecule has 1 aliphatic rings. The number of hydrogen-bond acceptors (Lipinski definition) is 3. The molecule has 0 radical (unpaired) electrons. The third-order valence-corrected chi connectivity index (χ3v) is 4.30. The van der Waals surface area contributed by atoms with Crippen LogP contribution in [-0.4, -0.2) is 16.2 Å². The van der Waals surface area contributed by atoms with Crippen molar-refractivity contribution in [3.63, 3.8) is 0 Å². The fraction of sp³-hybridized carbons (Fsp3) is 0.467. The van der Waals surface area contributed by atoms with E-state index in [-0.39, 0.29) is 11.1 Å². The number of benzene rings is 1. The number of fused-ring (bicyclic) bond motifs is 1. The Hall–Kier alpha value is -2.04. The Morgan fingerprint density at radius 2 is 1.85 bits per heavy atom. The van der Waals surface area contributed by atoms with Crippen LogP contribution in [0.1, 0.15) is 26.7 Å². The zero-order chi connectivity index (χ0) is 14.3. The summed E-state index contributed by atoms with van der Waals surface area (Å²) in [7, 11) is 0. The summed E-state index contributed by atoms with van der Waals surface area (Å²) in [5, 5.41) is 9.02. The standard InChI is InChI=1S/C15H19N3O2/c1-8(2)9-6-10(7-9)16-12-5-3-4-11-13(12)15(20)18-17-14(11)19/h3-5,8-10,16H,6-7H2,1-2H3,(H,17,19)(H,18,20). The van der Waals surface area contributed by atoms with E-state index in [0.29, 0.717) is 22.7 Å². The van der Waals surface area contributed by atoms with Gasteiger partial charge in [-0.05, 0) is 36.8 Å². The van der Waals surface area contributed by atoms with Crippen LogP contribution in [-0.2, 0) is 0 Å². The van der Waals surface area contributed by atoms with E-state index in [2.05, 4.69) is 29.4 Å². The summed E-state index contributed by atoms with van der Waals surface area (Å²) in [6, 6.07) is 5.73. The molecule has 3 rings (SSSR count). The van der Waals surface area contributed by atoms with Crippen molar-refractivity contribution in [1.29, 1.82) is 0 Å². The topological polar surface area (TPSA) is 77.8 Å². The van der Waals surface area contributed by atoms with Crippen molar-refractivity contribution in [2.45, 2.75) is 32.7 Å². The van der Waals surface area contributed by atoms with Gasteiger partial charge in [-0.15, -0.1) is 0 Å². The Balaban J connectivity index is 1.92. The average Bonchev–Trinajstić information content (AvgIpc) is 2.37. The molecule has 1 saturated carbocycles. The van der Waals surface area contributed by atoms with Gasteiger partial charge in [0.25, 0.3) is 11.1 Å². The number of nitrogens with one attached hydrogen (secondary N) is 3. The fourth-order valence-corrected chi connectivity index (χ4v) is 2.89. The first-order valence-electron chi connectivity index (χ1n) is 7.06. The molecule has 0 unspecified atom stereocenters. The minimum Gasteiger partial charge on any atom is -0.382 e. The lowest BCUT2D eigenvalue weighted by Gasteiger charge is -2.39. The van der Waals surface area contributed by atoms with Gasteiger partial charge in [0.15, 0.2) is 0 Å². The van der Waals surface area contributed by atoms with Gasteiger partial charge in [0.2, 0.25) is 0 Å².